The third-order valence-corrected chi connectivity index (χ3v) is 3.04. The van der Waals surface area contributed by atoms with Gasteiger partial charge in [-0.25, -0.2) is 0 Å². The summed E-state index contributed by atoms with van der Waals surface area (Å²) >= 11 is 1.05. The Morgan fingerprint density at radius 3 is 1.73 bits per heavy atom. The van der Waals surface area contributed by atoms with E-state index in [0.29, 0.717) is 0 Å². The van der Waals surface area contributed by atoms with Gasteiger partial charge in [0.15, 0.2) is 0 Å². The number of nitrogens with zero attached hydrogens (tertiary/aromatic N) is 1. The molecule has 0 aromatic heterocycles. The zero-order chi connectivity index (χ0) is 8.69. The number of hydrogen-bond donors (Lipinski definition) is 3. The summed E-state index contributed by atoms with van der Waals surface area (Å²) in [6.07, 6.45) is 2.91. The maximum atomic E-state index is 7.17. The molecule has 1 heterocycles. The van der Waals surface area contributed by atoms with Crippen molar-refractivity contribution >= 4 is 56.3 Å². The van der Waals surface area contributed by atoms with Crippen LogP contribution >= 0.6 is 0 Å². The van der Waals surface area contributed by atoms with Gasteiger partial charge in [-0.15, -0.1) is 0 Å². The van der Waals surface area contributed by atoms with Crippen molar-refractivity contribution in [3.8, 4) is 0 Å². The molecule has 0 saturated carbocycles. The Kier molecular flexibility index (Phi) is 9.30. The summed E-state index contributed by atoms with van der Waals surface area (Å²) in [7, 11) is -2.17. The van der Waals surface area contributed by atoms with E-state index in [1.54, 1.807) is 0 Å². The van der Waals surface area contributed by atoms with E-state index < -0.39 is 7.32 Å². The van der Waals surface area contributed by atoms with Crippen LogP contribution in [0.15, 0.2) is 0 Å². The summed E-state index contributed by atoms with van der Waals surface area (Å²) in [5.74, 6) is 0. The molecule has 0 aliphatic carbocycles. The first-order valence-electron chi connectivity index (χ1n) is 3.93. The van der Waals surface area contributed by atoms with Gasteiger partial charge in [0, 0.05) is 0 Å². The monoisotopic (exact) mass is 185 g/mol. The molecule has 6 heteroatoms. The normalized spacial score (nSPS) is 17.5. The Hall–Kier alpha value is 1.54. The first kappa shape index (κ1) is 12.5. The molecule has 0 bridgehead atoms. The van der Waals surface area contributed by atoms with Crippen LogP contribution in [0.3, 0.4) is 0 Å². The summed E-state index contributed by atoms with van der Waals surface area (Å²) < 4.78 is 1.44. The quantitative estimate of drug-likeness (QED) is 0.420. The van der Waals surface area contributed by atoms with Gasteiger partial charge in [0.05, 0.1) is 0 Å². The number of likely N-dealkylation sites (tertiary alicyclic amines) is 1. The molecule has 3 N–H and O–H groups in total. The molecule has 4 nitrogen and oxygen atoms in total. The first-order valence-corrected chi connectivity index (χ1v) is 6.14. The van der Waals surface area contributed by atoms with Crippen molar-refractivity contribution in [2.45, 2.75) is 12.8 Å². The third-order valence-electron chi connectivity index (χ3n) is 1.65. The zero-order valence-corrected chi connectivity index (χ0v) is 10.0. The molecule has 0 amide bonds. The maximum absolute atomic E-state index is 7.17. The molecule has 11 heavy (non-hydrogen) atoms. The van der Waals surface area contributed by atoms with E-state index in [0.717, 1.165) is 49.0 Å². The molecular formula is C5H13BKNO3. The minimum atomic E-state index is -2.17. The summed E-state index contributed by atoms with van der Waals surface area (Å²) in [6.45, 7) is 2.78. The van der Waals surface area contributed by atoms with Crippen LogP contribution in [0.1, 0.15) is 12.8 Å². The van der Waals surface area contributed by atoms with E-state index in [9.17, 15) is 0 Å². The van der Waals surface area contributed by atoms with Gasteiger partial charge in [0.2, 0.25) is 0 Å². The Morgan fingerprint density at radius 1 is 1.18 bits per heavy atom. The second-order valence-corrected chi connectivity index (χ2v) is 3.48. The zero-order valence-electron chi connectivity index (χ0n) is 6.90. The first-order chi connectivity index (χ1) is 5.16. The predicted octanol–water partition coefficient (Wildman–Crippen LogP) is -1.84. The van der Waals surface area contributed by atoms with Crippen LogP contribution in [-0.2, 0) is 0 Å². The van der Waals surface area contributed by atoms with E-state index in [-0.39, 0.29) is 0 Å². The van der Waals surface area contributed by atoms with Crippen molar-refractivity contribution in [2.24, 2.45) is 0 Å². The molecule has 0 aromatic rings. The molecule has 1 aliphatic rings. The van der Waals surface area contributed by atoms with E-state index in [4.69, 9.17) is 15.1 Å². The summed E-state index contributed by atoms with van der Waals surface area (Å²) in [4.78, 5) is 2.57. The molecule has 1 fully saturated rings. The topological polar surface area (TPSA) is 63.9 Å². The molecule has 60 valence electrons. The van der Waals surface area contributed by atoms with Gasteiger partial charge in [-0.05, 0) is 0 Å². The Labute approximate surface area is 101 Å². The molecule has 0 spiro atoms. The SMILES string of the molecule is OB(O)O.[K][CH2]N1CCCC1. The minimum absolute atomic E-state index is 1.05. The van der Waals surface area contributed by atoms with Gasteiger partial charge in [-0.2, -0.15) is 0 Å². The molecule has 0 radical (unpaired) electrons. The second kappa shape index (κ2) is 8.15. The molecule has 0 aromatic carbocycles. The van der Waals surface area contributed by atoms with Crippen LogP contribution in [0.2, 0.25) is 0 Å². The van der Waals surface area contributed by atoms with Crippen molar-refractivity contribution in [1.29, 1.82) is 0 Å². The fraction of sp³-hybridized carbons (Fsp3) is 1.00. The van der Waals surface area contributed by atoms with Crippen molar-refractivity contribution < 1.29 is 15.1 Å². The standard InChI is InChI=1S/C5H10N.BH3O3.K/c1-6-4-2-3-5-6;2-1(3)4;/h1-5H2;2-4H;. The molecule has 1 saturated heterocycles. The Morgan fingerprint density at radius 2 is 1.55 bits per heavy atom. The summed E-state index contributed by atoms with van der Waals surface area (Å²) in [5, 5.41) is 21.5. The van der Waals surface area contributed by atoms with E-state index in [1.807, 2.05) is 0 Å². The Bertz CT molecular complexity index is 87.0. The van der Waals surface area contributed by atoms with Crippen molar-refractivity contribution in [3.63, 3.8) is 0 Å². The van der Waals surface area contributed by atoms with Crippen molar-refractivity contribution in [2.75, 3.05) is 13.7 Å². The van der Waals surface area contributed by atoms with Crippen LogP contribution in [-0.4, -0.2) is 90.0 Å². The fourth-order valence-electron chi connectivity index (χ4n) is 1.10. The van der Waals surface area contributed by atoms with Crippen LogP contribution < -0.4 is 0 Å². The fourth-order valence-corrected chi connectivity index (χ4v) is 2.09. The molecule has 1 rings (SSSR count). The summed E-state index contributed by atoms with van der Waals surface area (Å²) in [6, 6.07) is 0. The van der Waals surface area contributed by atoms with Crippen LogP contribution in [0, 0.1) is 0 Å². The van der Waals surface area contributed by atoms with Gasteiger partial charge in [-0.3, -0.25) is 0 Å². The molecule has 0 unspecified atom stereocenters. The summed E-state index contributed by atoms with van der Waals surface area (Å²) in [5.41, 5.74) is 0. The van der Waals surface area contributed by atoms with E-state index >= 15 is 0 Å². The van der Waals surface area contributed by atoms with Gasteiger partial charge in [0.1, 0.15) is 0 Å². The van der Waals surface area contributed by atoms with Gasteiger partial charge >= 0.3 is 87.7 Å². The molecule has 0 atom stereocenters. The van der Waals surface area contributed by atoms with Crippen molar-refractivity contribution in [3.05, 3.63) is 0 Å². The van der Waals surface area contributed by atoms with E-state index in [1.165, 1.54) is 26.6 Å². The molecule has 1 aliphatic heterocycles. The second-order valence-electron chi connectivity index (χ2n) is 2.49. The Balaban J connectivity index is 0.000000218. The van der Waals surface area contributed by atoms with Gasteiger partial charge in [0.25, 0.3) is 0 Å². The van der Waals surface area contributed by atoms with E-state index in [2.05, 4.69) is 4.90 Å². The average Bonchev–Trinajstić information content (AvgIpc) is 2.36. The van der Waals surface area contributed by atoms with Gasteiger partial charge < -0.3 is 15.1 Å². The molecular weight excluding hydrogens is 172 g/mol. The number of hydrogen-bond acceptors (Lipinski definition) is 4. The third kappa shape index (κ3) is 9.46. The van der Waals surface area contributed by atoms with Gasteiger partial charge in [-0.1, -0.05) is 0 Å². The van der Waals surface area contributed by atoms with Crippen LogP contribution in [0.25, 0.3) is 0 Å². The average molecular weight is 185 g/mol. The predicted molar refractivity (Wildman–Crippen MR) is 43.8 cm³/mol. The van der Waals surface area contributed by atoms with Crippen LogP contribution in [0.4, 0.5) is 0 Å². The number of rotatable bonds is 1. The van der Waals surface area contributed by atoms with Crippen molar-refractivity contribution in [1.82, 2.24) is 4.90 Å². The van der Waals surface area contributed by atoms with Crippen LogP contribution in [0.5, 0.6) is 0 Å².